The van der Waals surface area contributed by atoms with Crippen LogP contribution >= 0.6 is 24.0 Å². The minimum Gasteiger partial charge on any atom is -0.489 e. The molecular formula is C34H28F7N3O6S2. The van der Waals surface area contributed by atoms with Gasteiger partial charge in [-0.1, -0.05) is 24.0 Å². The van der Waals surface area contributed by atoms with Crippen LogP contribution in [-0.4, -0.2) is 83.0 Å². The number of thioether (sulfide) groups is 1. The van der Waals surface area contributed by atoms with Gasteiger partial charge in [0, 0.05) is 43.9 Å². The Kier molecular flexibility index (Phi) is 11.9. The van der Waals surface area contributed by atoms with Gasteiger partial charge in [0.1, 0.15) is 10.9 Å². The third kappa shape index (κ3) is 9.67. The van der Waals surface area contributed by atoms with Crippen molar-refractivity contribution in [1.82, 2.24) is 9.80 Å². The van der Waals surface area contributed by atoms with Crippen molar-refractivity contribution in [2.75, 3.05) is 51.3 Å². The number of halogens is 7. The van der Waals surface area contributed by atoms with E-state index in [9.17, 15) is 40.7 Å². The number of anilines is 1. The molecule has 2 heterocycles. The fourth-order valence-electron chi connectivity index (χ4n) is 5.23. The summed E-state index contributed by atoms with van der Waals surface area (Å²) in [5.74, 6) is -3.84. The molecule has 2 amide bonds. The molecule has 3 aromatic carbocycles. The van der Waals surface area contributed by atoms with Crippen molar-refractivity contribution in [2.45, 2.75) is 18.8 Å². The fourth-order valence-corrected chi connectivity index (χ4v) is 6.53. The van der Waals surface area contributed by atoms with E-state index in [1.807, 2.05) is 4.90 Å². The van der Waals surface area contributed by atoms with Crippen molar-refractivity contribution in [3.63, 3.8) is 0 Å². The normalized spacial score (nSPS) is 16.4. The molecule has 2 saturated heterocycles. The number of hydrogen-bond donors (Lipinski definition) is 2. The number of aromatic carboxylic acids is 1. The second-order valence-electron chi connectivity index (χ2n) is 11.5. The van der Waals surface area contributed by atoms with Crippen LogP contribution in [0.2, 0.25) is 0 Å². The van der Waals surface area contributed by atoms with E-state index in [-0.39, 0.29) is 51.6 Å². The molecule has 18 heteroatoms. The van der Waals surface area contributed by atoms with Gasteiger partial charge < -0.3 is 19.9 Å². The van der Waals surface area contributed by atoms with Gasteiger partial charge in [0.05, 0.1) is 34.8 Å². The van der Waals surface area contributed by atoms with Gasteiger partial charge in [0.2, 0.25) is 5.91 Å². The average Bonchev–Trinajstić information content (AvgIpc) is 3.35. The van der Waals surface area contributed by atoms with E-state index in [0.29, 0.717) is 50.7 Å². The Hall–Kier alpha value is -4.52. The third-order valence-electron chi connectivity index (χ3n) is 7.89. The first-order valence-electron chi connectivity index (χ1n) is 15.4. The number of hydrogen-bond acceptors (Lipinski definition) is 8. The third-order valence-corrected chi connectivity index (χ3v) is 9.27. The Bertz CT molecular complexity index is 1860. The van der Waals surface area contributed by atoms with Crippen LogP contribution in [0.25, 0.3) is 17.2 Å². The van der Waals surface area contributed by atoms with Crippen LogP contribution in [0.4, 0.5) is 36.4 Å². The number of amides is 2. The predicted molar refractivity (Wildman–Crippen MR) is 181 cm³/mol. The Morgan fingerprint density at radius 2 is 1.56 bits per heavy atom. The van der Waals surface area contributed by atoms with E-state index in [1.54, 1.807) is 0 Å². The number of carbonyl (C=O) groups excluding carboxylic acids is 2. The highest BCUT2D eigenvalue weighted by Gasteiger charge is 2.37. The first kappa shape index (κ1) is 38.7. The maximum absolute atomic E-state index is 15.8. The molecule has 2 N–H and O–H groups in total. The van der Waals surface area contributed by atoms with Crippen LogP contribution in [0.3, 0.4) is 0 Å². The number of carboxylic acids is 1. The largest absolute Gasteiger partial charge is 0.489 e. The number of morpholine rings is 1. The molecule has 2 aliphatic rings. The fraction of sp³-hybridized carbons (Fsp3) is 0.294. The number of benzene rings is 3. The Labute approximate surface area is 301 Å². The highest BCUT2D eigenvalue weighted by Crippen LogP contribution is 2.41. The van der Waals surface area contributed by atoms with Gasteiger partial charge in [0.15, 0.2) is 11.6 Å². The summed E-state index contributed by atoms with van der Waals surface area (Å²) in [6.07, 6.45) is -9.33. The van der Waals surface area contributed by atoms with E-state index in [1.165, 1.54) is 30.3 Å². The smallest absolute Gasteiger partial charge is 0.416 e. The van der Waals surface area contributed by atoms with Crippen molar-refractivity contribution in [2.24, 2.45) is 0 Å². The number of nitrogens with one attached hydrogen (secondary N) is 1. The summed E-state index contributed by atoms with van der Waals surface area (Å²) in [4.78, 5) is 40.1. The number of carboxylic acid groups (broad SMARTS) is 1. The minimum absolute atomic E-state index is 0.0133. The van der Waals surface area contributed by atoms with Crippen molar-refractivity contribution in [3.8, 4) is 16.9 Å². The average molecular weight is 772 g/mol. The maximum Gasteiger partial charge on any atom is 0.416 e. The summed E-state index contributed by atoms with van der Waals surface area (Å²) in [6, 6.07) is 8.16. The summed E-state index contributed by atoms with van der Waals surface area (Å²) in [7, 11) is 0. The molecule has 0 radical (unpaired) electrons. The van der Waals surface area contributed by atoms with Crippen LogP contribution in [-0.2, 0) is 26.7 Å². The van der Waals surface area contributed by atoms with E-state index < -0.39 is 58.4 Å². The monoisotopic (exact) mass is 771 g/mol. The summed E-state index contributed by atoms with van der Waals surface area (Å²) < 4.78 is 109. The van der Waals surface area contributed by atoms with Crippen molar-refractivity contribution >= 4 is 57.8 Å². The molecular weight excluding hydrogens is 744 g/mol. The summed E-state index contributed by atoms with van der Waals surface area (Å²) in [6.45, 7) is 2.26. The standard InChI is InChI=1S/C34H28F7N3O6S2/c35-26-16-20(21-14-23(33(36,37)38)18-24(15-21)34(39,40)41)13-22(29(26)50-12-9-43-7-10-49-11-8-43)17-27-30(46)44(32(51)52-27)6-5-28(45)42-25-3-1-19(2-4-25)31(47)48/h1-4,13-18H,5-12H2,(H,42,45)(H,47,48). The SMILES string of the molecule is O=C(CCN1C(=O)C(=Cc2cc(-c3cc(C(F)(F)F)cc(C(F)(F)F)c3)cc(F)c2OCCN2CCOCC2)SC1=S)Nc1ccc(C(=O)O)cc1. The number of nitrogens with zero attached hydrogens (tertiary/aromatic N) is 2. The molecule has 0 bridgehead atoms. The molecule has 2 fully saturated rings. The molecule has 52 heavy (non-hydrogen) atoms. The summed E-state index contributed by atoms with van der Waals surface area (Å²) in [5, 5.41) is 11.6. The molecule has 0 saturated carbocycles. The highest BCUT2D eigenvalue weighted by molar-refractivity contribution is 8.26. The Morgan fingerprint density at radius 1 is 0.942 bits per heavy atom. The zero-order valence-corrected chi connectivity index (χ0v) is 28.4. The van der Waals surface area contributed by atoms with Gasteiger partial charge in [-0.05, 0) is 71.8 Å². The van der Waals surface area contributed by atoms with E-state index >= 15 is 4.39 Å². The van der Waals surface area contributed by atoms with Crippen molar-refractivity contribution < 1.29 is 59.7 Å². The summed E-state index contributed by atoms with van der Waals surface area (Å²) in [5.41, 5.74) is -3.92. The van der Waals surface area contributed by atoms with Crippen molar-refractivity contribution in [1.29, 1.82) is 0 Å². The van der Waals surface area contributed by atoms with Gasteiger partial charge in [0.25, 0.3) is 5.91 Å². The molecule has 5 rings (SSSR count). The van der Waals surface area contributed by atoms with Gasteiger partial charge in [-0.3, -0.25) is 19.4 Å². The lowest BCUT2D eigenvalue weighted by molar-refractivity contribution is -0.143. The molecule has 0 atom stereocenters. The number of carbonyl (C=O) groups is 3. The van der Waals surface area contributed by atoms with Crippen LogP contribution in [0, 0.1) is 5.82 Å². The Balaban J connectivity index is 1.42. The maximum atomic E-state index is 15.8. The van der Waals surface area contributed by atoms with Gasteiger partial charge in [-0.2, -0.15) is 26.3 Å². The molecule has 0 aliphatic carbocycles. The Morgan fingerprint density at radius 3 is 2.15 bits per heavy atom. The lowest BCUT2D eigenvalue weighted by Gasteiger charge is -2.26. The molecule has 3 aromatic rings. The zero-order chi connectivity index (χ0) is 37.8. The minimum atomic E-state index is -5.14. The second-order valence-corrected chi connectivity index (χ2v) is 13.2. The van der Waals surface area contributed by atoms with Crippen LogP contribution in [0.1, 0.15) is 33.5 Å². The zero-order valence-electron chi connectivity index (χ0n) is 26.8. The van der Waals surface area contributed by atoms with E-state index in [0.717, 1.165) is 28.8 Å². The van der Waals surface area contributed by atoms with Gasteiger partial charge in [-0.25, -0.2) is 9.18 Å². The molecule has 9 nitrogen and oxygen atoms in total. The number of thiocarbonyl (C=S) groups is 1. The molecule has 276 valence electrons. The quantitative estimate of drug-likeness (QED) is 0.119. The first-order chi connectivity index (χ1) is 24.5. The number of alkyl halides is 6. The van der Waals surface area contributed by atoms with Gasteiger partial charge in [-0.15, -0.1) is 0 Å². The number of rotatable bonds is 11. The lowest BCUT2D eigenvalue weighted by Crippen LogP contribution is -2.38. The molecule has 0 aromatic heterocycles. The highest BCUT2D eigenvalue weighted by atomic mass is 32.2. The topological polar surface area (TPSA) is 108 Å². The van der Waals surface area contributed by atoms with Crippen LogP contribution < -0.4 is 10.1 Å². The molecule has 2 aliphatic heterocycles. The second kappa shape index (κ2) is 16.0. The predicted octanol–water partition coefficient (Wildman–Crippen LogP) is 7.17. The van der Waals surface area contributed by atoms with Gasteiger partial charge >= 0.3 is 18.3 Å². The molecule has 0 spiro atoms. The van der Waals surface area contributed by atoms with E-state index in [2.05, 4.69) is 5.32 Å². The number of ether oxygens (including phenoxy) is 2. The lowest BCUT2D eigenvalue weighted by atomic mass is 9.97. The molecule has 0 unspecified atom stereocenters. The summed E-state index contributed by atoms with van der Waals surface area (Å²) >= 11 is 6.13. The van der Waals surface area contributed by atoms with Crippen LogP contribution in [0.5, 0.6) is 5.75 Å². The first-order valence-corrected chi connectivity index (χ1v) is 16.7. The van der Waals surface area contributed by atoms with Crippen LogP contribution in [0.15, 0.2) is 59.5 Å². The van der Waals surface area contributed by atoms with E-state index in [4.69, 9.17) is 26.8 Å². The van der Waals surface area contributed by atoms with Crippen molar-refractivity contribution in [3.05, 3.63) is 87.6 Å².